The lowest BCUT2D eigenvalue weighted by molar-refractivity contribution is -0.163. The number of unbranched alkanes of at least 4 members (excludes halogenated alkanes) is 13. The fraction of sp³-hybridized carbons (Fsp3) is 0.926. The zero-order valence-corrected chi connectivity index (χ0v) is 20.6. The third-order valence-electron chi connectivity index (χ3n) is 6.61. The van der Waals surface area contributed by atoms with Gasteiger partial charge in [-0.2, -0.15) is 0 Å². The molecule has 0 heterocycles. The third-order valence-corrected chi connectivity index (χ3v) is 6.61. The first-order valence-electron chi connectivity index (χ1n) is 13.5. The third kappa shape index (κ3) is 13.9. The van der Waals surface area contributed by atoms with Gasteiger partial charge in [-0.25, -0.2) is 0 Å². The molecule has 0 bridgehead atoms. The van der Waals surface area contributed by atoms with E-state index in [9.17, 15) is 9.59 Å². The van der Waals surface area contributed by atoms with Gasteiger partial charge < -0.3 is 9.47 Å². The molecule has 4 heteroatoms. The summed E-state index contributed by atoms with van der Waals surface area (Å²) in [6.07, 6.45) is 22.1. The molecule has 4 nitrogen and oxygen atoms in total. The number of esters is 2. The monoisotopic (exact) mass is 438 g/mol. The van der Waals surface area contributed by atoms with Crippen LogP contribution in [0.4, 0.5) is 0 Å². The topological polar surface area (TPSA) is 52.6 Å². The average Bonchev–Trinajstić information content (AvgIpc) is 2.79. The highest BCUT2D eigenvalue weighted by Gasteiger charge is 2.37. The van der Waals surface area contributed by atoms with Crippen LogP contribution in [-0.2, 0) is 19.1 Å². The van der Waals surface area contributed by atoms with Crippen LogP contribution >= 0.6 is 0 Å². The normalized spacial score (nSPS) is 18.6. The van der Waals surface area contributed by atoms with Gasteiger partial charge in [-0.1, -0.05) is 110 Å². The first-order valence-corrected chi connectivity index (χ1v) is 13.5. The summed E-state index contributed by atoms with van der Waals surface area (Å²) in [6.45, 7) is 5.36. The van der Waals surface area contributed by atoms with Gasteiger partial charge in [0.25, 0.3) is 0 Å². The fourth-order valence-electron chi connectivity index (χ4n) is 4.55. The lowest BCUT2D eigenvalue weighted by Gasteiger charge is -2.28. The molecular weight excluding hydrogens is 388 g/mol. The van der Waals surface area contributed by atoms with Crippen molar-refractivity contribution in [3.05, 3.63) is 0 Å². The van der Waals surface area contributed by atoms with Gasteiger partial charge in [-0.05, 0) is 25.7 Å². The molecule has 1 aliphatic carbocycles. The highest BCUT2D eigenvalue weighted by Crippen LogP contribution is 2.32. The number of carbonyl (C=O) groups is 2. The molecule has 182 valence electrons. The van der Waals surface area contributed by atoms with Crippen LogP contribution in [-0.4, -0.2) is 25.2 Å². The van der Waals surface area contributed by atoms with Crippen molar-refractivity contribution in [3.8, 4) is 0 Å². The van der Waals surface area contributed by atoms with Crippen molar-refractivity contribution < 1.29 is 19.1 Å². The summed E-state index contributed by atoms with van der Waals surface area (Å²) in [5, 5.41) is 0. The van der Waals surface area contributed by atoms with Gasteiger partial charge in [0.1, 0.15) is 0 Å². The van der Waals surface area contributed by atoms with Gasteiger partial charge in [-0.15, -0.1) is 0 Å². The number of hydrogen-bond donors (Lipinski definition) is 0. The molecule has 0 radical (unpaired) electrons. The average molecular weight is 439 g/mol. The van der Waals surface area contributed by atoms with Crippen molar-refractivity contribution in [3.63, 3.8) is 0 Å². The SMILES string of the molecule is CCCCCCCCCCCCCCOC(=O)C1CCCCC1C(=O)OCCCCC. The molecule has 1 saturated carbocycles. The minimum atomic E-state index is -0.301. The molecular formula is C27H50O4. The molecule has 0 aromatic heterocycles. The van der Waals surface area contributed by atoms with Crippen molar-refractivity contribution in [2.75, 3.05) is 13.2 Å². The lowest BCUT2D eigenvalue weighted by Crippen LogP contribution is -2.35. The molecule has 0 aliphatic heterocycles. The van der Waals surface area contributed by atoms with Gasteiger partial charge in [0.15, 0.2) is 0 Å². The molecule has 0 amide bonds. The van der Waals surface area contributed by atoms with E-state index in [1.807, 2.05) is 0 Å². The first kappa shape index (κ1) is 28.0. The molecule has 0 N–H and O–H groups in total. The molecule has 2 unspecified atom stereocenters. The van der Waals surface area contributed by atoms with Crippen LogP contribution in [0.3, 0.4) is 0 Å². The molecule has 1 fully saturated rings. The maximum Gasteiger partial charge on any atom is 0.309 e. The second-order valence-corrected chi connectivity index (χ2v) is 9.43. The summed E-state index contributed by atoms with van der Waals surface area (Å²) in [6, 6.07) is 0. The largest absolute Gasteiger partial charge is 0.465 e. The fourth-order valence-corrected chi connectivity index (χ4v) is 4.55. The molecule has 0 aromatic carbocycles. The zero-order chi connectivity index (χ0) is 22.6. The summed E-state index contributed by atoms with van der Waals surface area (Å²) in [4.78, 5) is 25.0. The number of ether oxygens (including phenoxy) is 2. The van der Waals surface area contributed by atoms with Crippen LogP contribution in [0.1, 0.15) is 136 Å². The summed E-state index contributed by atoms with van der Waals surface area (Å²) >= 11 is 0. The maximum absolute atomic E-state index is 12.6. The number of rotatable bonds is 19. The van der Waals surface area contributed by atoms with Gasteiger partial charge in [0.2, 0.25) is 0 Å². The quantitative estimate of drug-likeness (QED) is 0.153. The molecule has 1 aliphatic rings. The maximum atomic E-state index is 12.6. The van der Waals surface area contributed by atoms with Crippen molar-refractivity contribution in [2.45, 2.75) is 136 Å². The smallest absolute Gasteiger partial charge is 0.309 e. The van der Waals surface area contributed by atoms with Crippen molar-refractivity contribution in [1.82, 2.24) is 0 Å². The predicted molar refractivity (Wildman–Crippen MR) is 128 cm³/mol. The van der Waals surface area contributed by atoms with Gasteiger partial charge in [-0.3, -0.25) is 9.59 Å². The van der Waals surface area contributed by atoms with E-state index in [1.165, 1.54) is 64.2 Å². The Hall–Kier alpha value is -1.06. The summed E-state index contributed by atoms with van der Waals surface area (Å²) < 4.78 is 11.0. The first-order chi connectivity index (χ1) is 15.2. The Morgan fingerprint density at radius 2 is 0.871 bits per heavy atom. The molecule has 1 rings (SSSR count). The molecule has 31 heavy (non-hydrogen) atoms. The Morgan fingerprint density at radius 1 is 0.548 bits per heavy atom. The zero-order valence-electron chi connectivity index (χ0n) is 20.6. The number of hydrogen-bond acceptors (Lipinski definition) is 4. The highest BCUT2D eigenvalue weighted by atomic mass is 16.5. The molecule has 0 spiro atoms. The van der Waals surface area contributed by atoms with Crippen molar-refractivity contribution >= 4 is 11.9 Å². The van der Waals surface area contributed by atoms with E-state index in [1.54, 1.807) is 0 Å². The van der Waals surface area contributed by atoms with Crippen LogP contribution in [0.2, 0.25) is 0 Å². The Balaban J connectivity index is 2.07. The minimum absolute atomic E-state index is 0.182. The summed E-state index contributed by atoms with van der Waals surface area (Å²) in [5.74, 6) is -0.976. The van der Waals surface area contributed by atoms with E-state index in [2.05, 4.69) is 13.8 Å². The van der Waals surface area contributed by atoms with Crippen molar-refractivity contribution in [2.24, 2.45) is 11.8 Å². The molecule has 2 atom stereocenters. The van der Waals surface area contributed by atoms with Gasteiger partial charge >= 0.3 is 11.9 Å². The number of carbonyl (C=O) groups excluding carboxylic acids is 2. The lowest BCUT2D eigenvalue weighted by atomic mass is 9.79. The second-order valence-electron chi connectivity index (χ2n) is 9.43. The Labute approximate surface area is 192 Å². The predicted octanol–water partition coefficient (Wildman–Crippen LogP) is 7.77. The summed E-state index contributed by atoms with van der Waals surface area (Å²) in [7, 11) is 0. The van der Waals surface area contributed by atoms with E-state index in [0.29, 0.717) is 13.2 Å². The van der Waals surface area contributed by atoms with E-state index < -0.39 is 0 Å². The van der Waals surface area contributed by atoms with E-state index >= 15 is 0 Å². The van der Waals surface area contributed by atoms with Crippen LogP contribution in [0, 0.1) is 11.8 Å². The Kier molecular flexibility index (Phi) is 17.7. The van der Waals surface area contributed by atoms with Gasteiger partial charge in [0.05, 0.1) is 25.0 Å². The van der Waals surface area contributed by atoms with Gasteiger partial charge in [0, 0.05) is 0 Å². The second kappa shape index (κ2) is 19.6. The van der Waals surface area contributed by atoms with E-state index in [4.69, 9.17) is 9.47 Å². The summed E-state index contributed by atoms with van der Waals surface area (Å²) in [5.41, 5.74) is 0. The Morgan fingerprint density at radius 3 is 1.29 bits per heavy atom. The van der Waals surface area contributed by atoms with Crippen LogP contribution in [0.15, 0.2) is 0 Å². The standard InChI is InChI=1S/C27H50O4/c1-3-5-7-8-9-10-11-12-13-14-15-19-23-31-27(29)25-21-17-16-20-24(25)26(28)30-22-18-6-4-2/h24-25H,3-23H2,1-2H3. The highest BCUT2D eigenvalue weighted by molar-refractivity contribution is 5.82. The van der Waals surface area contributed by atoms with Crippen molar-refractivity contribution in [1.29, 1.82) is 0 Å². The van der Waals surface area contributed by atoms with Crippen LogP contribution in [0.25, 0.3) is 0 Å². The Bertz CT molecular complexity index is 449. The molecule has 0 aromatic rings. The minimum Gasteiger partial charge on any atom is -0.465 e. The van der Waals surface area contributed by atoms with E-state index in [-0.39, 0.29) is 23.8 Å². The van der Waals surface area contributed by atoms with E-state index in [0.717, 1.165) is 57.8 Å². The van der Waals surface area contributed by atoms with Crippen LogP contribution < -0.4 is 0 Å². The molecule has 0 saturated heterocycles. The van der Waals surface area contributed by atoms with Crippen LogP contribution in [0.5, 0.6) is 0 Å².